The lowest BCUT2D eigenvalue weighted by Crippen LogP contribution is -2.32. The number of aromatic nitrogens is 2. The van der Waals surface area contributed by atoms with E-state index in [9.17, 15) is 14.4 Å². The second kappa shape index (κ2) is 7.95. The minimum absolute atomic E-state index is 0.179. The highest BCUT2D eigenvalue weighted by atomic mass is 16.5. The molecule has 2 N–H and O–H groups in total. The maximum Gasteiger partial charge on any atom is 0.337 e. The Balaban J connectivity index is 1.90. The molecule has 2 rings (SSSR count). The minimum Gasteiger partial charge on any atom is -0.479 e. The Morgan fingerprint density at radius 2 is 1.84 bits per heavy atom. The van der Waals surface area contributed by atoms with Crippen LogP contribution >= 0.6 is 0 Å². The van der Waals surface area contributed by atoms with Crippen molar-refractivity contribution < 1.29 is 23.9 Å². The molecular formula is C16H18N4O5. The van der Waals surface area contributed by atoms with Crippen LogP contribution in [-0.4, -0.2) is 48.3 Å². The Morgan fingerprint density at radius 1 is 1.16 bits per heavy atom. The molecule has 0 unspecified atom stereocenters. The lowest BCUT2D eigenvalue weighted by atomic mass is 10.2. The highest BCUT2D eigenvalue weighted by Crippen LogP contribution is 2.14. The van der Waals surface area contributed by atoms with Gasteiger partial charge in [-0.1, -0.05) is 0 Å². The summed E-state index contributed by atoms with van der Waals surface area (Å²) in [5.41, 5.74) is 1.10. The van der Waals surface area contributed by atoms with Crippen LogP contribution in [0, 0.1) is 0 Å². The van der Waals surface area contributed by atoms with Gasteiger partial charge in [0, 0.05) is 18.9 Å². The lowest BCUT2D eigenvalue weighted by molar-refractivity contribution is -0.115. The van der Waals surface area contributed by atoms with Crippen LogP contribution in [0.25, 0.3) is 0 Å². The SMILES string of the molecule is COC(=O)c1ccc(NC(=O)CNC(=O)c2cn(C)nc2OC)cc1. The van der Waals surface area contributed by atoms with E-state index in [0.717, 1.165) is 0 Å². The summed E-state index contributed by atoms with van der Waals surface area (Å²) in [4.78, 5) is 35.3. The molecule has 0 fully saturated rings. The molecule has 2 amide bonds. The van der Waals surface area contributed by atoms with Gasteiger partial charge in [-0.2, -0.15) is 0 Å². The molecular weight excluding hydrogens is 328 g/mol. The number of anilines is 1. The van der Waals surface area contributed by atoms with Gasteiger partial charge in [0.25, 0.3) is 5.91 Å². The second-order valence-corrected chi connectivity index (χ2v) is 5.03. The molecule has 0 atom stereocenters. The van der Waals surface area contributed by atoms with Gasteiger partial charge in [0.15, 0.2) is 0 Å². The molecule has 9 heteroatoms. The largest absolute Gasteiger partial charge is 0.479 e. The Bertz CT molecular complexity index is 782. The van der Waals surface area contributed by atoms with Crippen LogP contribution in [-0.2, 0) is 16.6 Å². The Hall–Kier alpha value is -3.36. The Morgan fingerprint density at radius 3 is 2.44 bits per heavy atom. The standard InChI is InChI=1S/C16H18N4O5/c1-20-9-12(15(19-20)24-2)14(22)17-8-13(21)18-11-6-4-10(5-7-11)16(23)25-3/h4-7,9H,8H2,1-3H3,(H,17,22)(H,18,21). The lowest BCUT2D eigenvalue weighted by Gasteiger charge is -2.07. The van der Waals surface area contributed by atoms with E-state index in [0.29, 0.717) is 11.3 Å². The van der Waals surface area contributed by atoms with Gasteiger partial charge in [-0.15, -0.1) is 5.10 Å². The molecule has 0 saturated heterocycles. The molecule has 1 aromatic carbocycles. The first-order chi connectivity index (χ1) is 11.9. The van der Waals surface area contributed by atoms with Crippen molar-refractivity contribution in [2.45, 2.75) is 0 Å². The van der Waals surface area contributed by atoms with E-state index in [1.165, 1.54) is 37.2 Å². The van der Waals surface area contributed by atoms with Gasteiger partial charge >= 0.3 is 5.97 Å². The van der Waals surface area contributed by atoms with Crippen LogP contribution in [0.3, 0.4) is 0 Å². The number of aryl methyl sites for hydroxylation is 1. The van der Waals surface area contributed by atoms with Crippen molar-refractivity contribution in [3.05, 3.63) is 41.6 Å². The molecule has 0 saturated carbocycles. The van der Waals surface area contributed by atoms with Crippen molar-refractivity contribution in [2.24, 2.45) is 7.05 Å². The zero-order valence-electron chi connectivity index (χ0n) is 14.0. The van der Waals surface area contributed by atoms with Gasteiger partial charge in [-0.05, 0) is 24.3 Å². The second-order valence-electron chi connectivity index (χ2n) is 5.03. The van der Waals surface area contributed by atoms with Gasteiger partial charge in [0.1, 0.15) is 5.56 Å². The molecule has 25 heavy (non-hydrogen) atoms. The smallest absolute Gasteiger partial charge is 0.337 e. The van der Waals surface area contributed by atoms with E-state index in [1.807, 2.05) is 0 Å². The number of carbonyl (C=O) groups is 3. The normalized spacial score (nSPS) is 10.0. The first kappa shape index (κ1) is 18.0. The number of amides is 2. The number of hydrogen-bond donors (Lipinski definition) is 2. The van der Waals surface area contributed by atoms with E-state index >= 15 is 0 Å². The number of hydrogen-bond acceptors (Lipinski definition) is 6. The van der Waals surface area contributed by atoms with Crippen molar-refractivity contribution >= 4 is 23.5 Å². The average molecular weight is 346 g/mol. The molecule has 0 aliphatic heterocycles. The molecule has 2 aromatic rings. The van der Waals surface area contributed by atoms with Crippen molar-refractivity contribution in [1.29, 1.82) is 0 Å². The van der Waals surface area contributed by atoms with E-state index in [2.05, 4.69) is 20.5 Å². The van der Waals surface area contributed by atoms with E-state index in [4.69, 9.17) is 4.74 Å². The zero-order valence-corrected chi connectivity index (χ0v) is 14.0. The fourth-order valence-corrected chi connectivity index (χ4v) is 2.04. The summed E-state index contributed by atoms with van der Waals surface area (Å²) in [5, 5.41) is 9.07. The summed E-state index contributed by atoms with van der Waals surface area (Å²) < 4.78 is 11.0. The number of ether oxygens (including phenoxy) is 2. The summed E-state index contributed by atoms with van der Waals surface area (Å²) in [5.74, 6) is -1.17. The first-order valence-electron chi connectivity index (χ1n) is 7.28. The Labute approximate surface area is 143 Å². The highest BCUT2D eigenvalue weighted by Gasteiger charge is 2.17. The predicted molar refractivity (Wildman–Crippen MR) is 88.5 cm³/mol. The van der Waals surface area contributed by atoms with E-state index in [-0.39, 0.29) is 18.0 Å². The van der Waals surface area contributed by atoms with Gasteiger partial charge in [-0.3, -0.25) is 14.3 Å². The highest BCUT2D eigenvalue weighted by molar-refractivity contribution is 6.00. The fraction of sp³-hybridized carbons (Fsp3) is 0.250. The average Bonchev–Trinajstić information content (AvgIpc) is 3.00. The maximum atomic E-state index is 12.1. The molecule has 1 aromatic heterocycles. The summed E-state index contributed by atoms with van der Waals surface area (Å²) in [6, 6.07) is 6.19. The number of carbonyl (C=O) groups excluding carboxylic acids is 3. The van der Waals surface area contributed by atoms with E-state index < -0.39 is 17.8 Å². The minimum atomic E-state index is -0.471. The zero-order chi connectivity index (χ0) is 18.4. The quantitative estimate of drug-likeness (QED) is 0.740. The maximum absolute atomic E-state index is 12.1. The van der Waals surface area contributed by atoms with Crippen molar-refractivity contribution in [3.8, 4) is 5.88 Å². The molecule has 9 nitrogen and oxygen atoms in total. The summed E-state index contributed by atoms with van der Waals surface area (Å²) in [7, 11) is 4.35. The summed E-state index contributed by atoms with van der Waals surface area (Å²) in [6.45, 7) is -0.227. The fourth-order valence-electron chi connectivity index (χ4n) is 2.04. The van der Waals surface area contributed by atoms with Crippen LogP contribution in [0.15, 0.2) is 30.5 Å². The van der Waals surface area contributed by atoms with Crippen molar-refractivity contribution in [1.82, 2.24) is 15.1 Å². The molecule has 0 bridgehead atoms. The number of methoxy groups -OCH3 is 2. The van der Waals surface area contributed by atoms with Gasteiger partial charge < -0.3 is 20.1 Å². The summed E-state index contributed by atoms with van der Waals surface area (Å²) in [6.07, 6.45) is 1.50. The van der Waals surface area contributed by atoms with Crippen molar-refractivity contribution in [3.63, 3.8) is 0 Å². The van der Waals surface area contributed by atoms with Gasteiger partial charge in [0.05, 0.1) is 26.3 Å². The third-order valence-corrected chi connectivity index (χ3v) is 3.23. The third kappa shape index (κ3) is 4.56. The topological polar surface area (TPSA) is 112 Å². The molecule has 0 spiro atoms. The number of rotatable bonds is 6. The third-order valence-electron chi connectivity index (χ3n) is 3.23. The molecule has 132 valence electrons. The predicted octanol–water partition coefficient (Wildman–Crippen LogP) is 0.584. The van der Waals surface area contributed by atoms with Gasteiger partial charge in [0.2, 0.25) is 11.8 Å². The van der Waals surface area contributed by atoms with Crippen LogP contribution in [0.2, 0.25) is 0 Å². The molecule has 1 heterocycles. The van der Waals surface area contributed by atoms with E-state index in [1.54, 1.807) is 19.2 Å². The number of nitrogens with zero attached hydrogens (tertiary/aromatic N) is 2. The van der Waals surface area contributed by atoms with Crippen LogP contribution in [0.5, 0.6) is 5.88 Å². The Kier molecular flexibility index (Phi) is 5.72. The van der Waals surface area contributed by atoms with Crippen LogP contribution in [0.4, 0.5) is 5.69 Å². The van der Waals surface area contributed by atoms with Crippen LogP contribution < -0.4 is 15.4 Å². The molecule has 0 aliphatic carbocycles. The van der Waals surface area contributed by atoms with Gasteiger partial charge in [-0.25, -0.2) is 4.79 Å². The first-order valence-corrected chi connectivity index (χ1v) is 7.28. The molecule has 0 aliphatic rings. The number of nitrogens with one attached hydrogen (secondary N) is 2. The number of esters is 1. The number of benzene rings is 1. The van der Waals surface area contributed by atoms with Crippen molar-refractivity contribution in [2.75, 3.05) is 26.1 Å². The molecule has 0 radical (unpaired) electrons. The summed E-state index contributed by atoms with van der Waals surface area (Å²) >= 11 is 0. The monoisotopic (exact) mass is 346 g/mol. The van der Waals surface area contributed by atoms with Crippen LogP contribution in [0.1, 0.15) is 20.7 Å².